The van der Waals surface area contributed by atoms with Crippen molar-refractivity contribution in [1.29, 1.82) is 0 Å². The molecule has 0 aliphatic carbocycles. The van der Waals surface area contributed by atoms with Crippen LogP contribution in [0, 0.1) is 5.82 Å². The van der Waals surface area contributed by atoms with Gasteiger partial charge in [0.1, 0.15) is 17.2 Å². The molecular formula is C36H30FN3O3. The Balaban J connectivity index is 1.37. The molecule has 0 radical (unpaired) electrons. The maximum atomic E-state index is 13.7. The van der Waals surface area contributed by atoms with E-state index in [-0.39, 0.29) is 23.5 Å². The van der Waals surface area contributed by atoms with Crippen molar-refractivity contribution >= 4 is 40.4 Å². The van der Waals surface area contributed by atoms with Crippen LogP contribution in [-0.4, -0.2) is 31.6 Å². The lowest BCUT2D eigenvalue weighted by Crippen LogP contribution is -2.24. The van der Waals surface area contributed by atoms with Gasteiger partial charge >= 0.3 is 0 Å². The number of furan rings is 1. The van der Waals surface area contributed by atoms with E-state index < -0.39 is 0 Å². The van der Waals surface area contributed by atoms with Gasteiger partial charge in [-0.15, -0.1) is 0 Å². The van der Waals surface area contributed by atoms with Gasteiger partial charge in [-0.25, -0.2) is 4.39 Å². The van der Waals surface area contributed by atoms with E-state index in [4.69, 9.17) is 9.41 Å². The molecule has 0 spiro atoms. The first-order valence-corrected chi connectivity index (χ1v) is 14.6. The molecule has 43 heavy (non-hydrogen) atoms. The lowest BCUT2D eigenvalue weighted by Gasteiger charge is -2.21. The molecule has 2 aliphatic heterocycles. The van der Waals surface area contributed by atoms with Crippen molar-refractivity contribution < 1.29 is 18.4 Å². The molecule has 1 aromatic heterocycles. The Morgan fingerprint density at radius 2 is 1.77 bits per heavy atom. The number of fused-ring (bicyclic) bond motifs is 2. The lowest BCUT2D eigenvalue weighted by molar-refractivity contribution is -0.117. The molecule has 0 saturated carbocycles. The topological polar surface area (TPSA) is 74.9 Å². The highest BCUT2D eigenvalue weighted by molar-refractivity contribution is 6.13. The first-order chi connectivity index (χ1) is 21.0. The van der Waals surface area contributed by atoms with E-state index in [0.29, 0.717) is 40.8 Å². The third kappa shape index (κ3) is 4.91. The standard InChI is InChI=1S/C36H30FN3O3/c1-38-36(42)34-29-19-28(24-13-16-30-25(18-24)9-10-26(21-39-30)22-6-3-2-4-7-22)31(40-17-5-8-33(40)41)20-32(29)43-35(34)23-11-14-27(37)15-12-23/h2-4,6-7,11-16,18-21,26H,5,8-10,17H2,1H3,(H,38,42). The van der Waals surface area contributed by atoms with Crippen molar-refractivity contribution in [3.63, 3.8) is 0 Å². The molecule has 0 bridgehead atoms. The normalized spacial score (nSPS) is 16.4. The van der Waals surface area contributed by atoms with E-state index in [1.54, 1.807) is 19.2 Å². The monoisotopic (exact) mass is 571 g/mol. The molecule has 1 unspecified atom stereocenters. The summed E-state index contributed by atoms with van der Waals surface area (Å²) in [5.74, 6) is -0.0358. The molecule has 4 aromatic carbocycles. The summed E-state index contributed by atoms with van der Waals surface area (Å²) in [7, 11) is 1.57. The van der Waals surface area contributed by atoms with Gasteiger partial charge in [0.15, 0.2) is 0 Å². The fraction of sp³-hybridized carbons (Fsp3) is 0.194. The number of amides is 2. The van der Waals surface area contributed by atoms with Crippen LogP contribution in [-0.2, 0) is 11.2 Å². The maximum absolute atomic E-state index is 13.7. The van der Waals surface area contributed by atoms with E-state index in [1.165, 1.54) is 17.7 Å². The van der Waals surface area contributed by atoms with E-state index in [9.17, 15) is 14.0 Å². The second kappa shape index (κ2) is 11.0. The molecule has 1 N–H and O–H groups in total. The summed E-state index contributed by atoms with van der Waals surface area (Å²) in [6.45, 7) is 0.610. The van der Waals surface area contributed by atoms with Crippen LogP contribution in [0.3, 0.4) is 0 Å². The Labute approximate surface area is 248 Å². The van der Waals surface area contributed by atoms with Gasteiger partial charge in [0.05, 0.1) is 16.9 Å². The number of anilines is 1. The quantitative estimate of drug-likeness (QED) is 0.234. The largest absolute Gasteiger partial charge is 0.455 e. The van der Waals surface area contributed by atoms with Crippen molar-refractivity contribution in [2.45, 2.75) is 31.6 Å². The number of hydrogen-bond donors (Lipinski definition) is 1. The lowest BCUT2D eigenvalue weighted by atomic mass is 9.92. The highest BCUT2D eigenvalue weighted by Gasteiger charge is 2.29. The molecule has 2 aliphatic rings. The second-order valence-electron chi connectivity index (χ2n) is 11.1. The molecule has 1 atom stereocenters. The highest BCUT2D eigenvalue weighted by atomic mass is 19.1. The number of halogens is 1. The zero-order chi connectivity index (χ0) is 29.5. The Bertz CT molecular complexity index is 1890. The molecule has 5 aromatic rings. The van der Waals surface area contributed by atoms with E-state index >= 15 is 0 Å². The smallest absolute Gasteiger partial charge is 0.255 e. The molecule has 6 nitrogen and oxygen atoms in total. The Morgan fingerprint density at radius 3 is 2.51 bits per heavy atom. The van der Waals surface area contributed by atoms with Crippen LogP contribution in [0.15, 0.2) is 94.3 Å². The summed E-state index contributed by atoms with van der Waals surface area (Å²) in [4.78, 5) is 32.9. The third-order valence-electron chi connectivity index (χ3n) is 8.47. The number of nitrogens with zero attached hydrogens (tertiary/aromatic N) is 2. The number of carbonyl (C=O) groups excluding carboxylic acids is 2. The van der Waals surface area contributed by atoms with Gasteiger partial charge < -0.3 is 14.6 Å². The zero-order valence-corrected chi connectivity index (χ0v) is 23.8. The van der Waals surface area contributed by atoms with Crippen LogP contribution in [0.25, 0.3) is 33.4 Å². The summed E-state index contributed by atoms with van der Waals surface area (Å²) in [5, 5.41) is 3.36. The summed E-state index contributed by atoms with van der Waals surface area (Å²) >= 11 is 0. The average molecular weight is 572 g/mol. The van der Waals surface area contributed by atoms with Gasteiger partial charge in [-0.3, -0.25) is 14.6 Å². The minimum atomic E-state index is -0.374. The van der Waals surface area contributed by atoms with E-state index in [2.05, 4.69) is 35.6 Å². The minimum absolute atomic E-state index is 0.0579. The van der Waals surface area contributed by atoms with Crippen molar-refractivity contribution in [3.8, 4) is 22.5 Å². The van der Waals surface area contributed by atoms with Crippen LogP contribution in [0.5, 0.6) is 0 Å². The van der Waals surface area contributed by atoms with Gasteiger partial charge in [0.2, 0.25) is 5.91 Å². The molecule has 7 heteroatoms. The molecule has 1 fully saturated rings. The van der Waals surface area contributed by atoms with Crippen LogP contribution in [0.1, 0.15) is 46.7 Å². The summed E-state index contributed by atoms with van der Waals surface area (Å²) in [6.07, 6.45) is 5.09. The fourth-order valence-corrected chi connectivity index (χ4v) is 6.23. The van der Waals surface area contributed by atoms with Gasteiger partial charge in [0.25, 0.3) is 5.91 Å². The number of carbonyl (C=O) groups is 2. The SMILES string of the molecule is CNC(=O)c1c(-c2ccc(F)cc2)oc2cc(N3CCCC3=O)c(-c3ccc4c(c3)CCC(c3ccccc3)C=N4)cc12. The number of hydrogen-bond acceptors (Lipinski definition) is 4. The van der Waals surface area contributed by atoms with Gasteiger partial charge in [0, 0.05) is 54.7 Å². The molecule has 1 saturated heterocycles. The number of aliphatic imine (C=N–C) groups is 1. The summed E-state index contributed by atoms with van der Waals surface area (Å²) < 4.78 is 20.0. The maximum Gasteiger partial charge on any atom is 0.255 e. The van der Waals surface area contributed by atoms with Gasteiger partial charge in [-0.1, -0.05) is 36.4 Å². The van der Waals surface area contributed by atoms with Crippen molar-refractivity contribution in [2.75, 3.05) is 18.5 Å². The number of rotatable bonds is 5. The van der Waals surface area contributed by atoms with E-state index in [0.717, 1.165) is 47.3 Å². The number of aryl methyl sites for hydroxylation is 1. The van der Waals surface area contributed by atoms with E-state index in [1.807, 2.05) is 41.4 Å². The highest BCUT2D eigenvalue weighted by Crippen LogP contribution is 2.43. The molecule has 214 valence electrons. The Kier molecular flexibility index (Phi) is 6.86. The van der Waals surface area contributed by atoms with Crippen LogP contribution >= 0.6 is 0 Å². The molecule has 2 amide bonds. The molecular weight excluding hydrogens is 541 g/mol. The first-order valence-electron chi connectivity index (χ1n) is 14.6. The number of benzene rings is 4. The average Bonchev–Trinajstić information content (AvgIpc) is 3.56. The molecule has 7 rings (SSSR count). The third-order valence-corrected chi connectivity index (χ3v) is 8.47. The molecule has 3 heterocycles. The van der Waals surface area contributed by atoms with Gasteiger partial charge in [-0.05, 0) is 78.4 Å². The first kappa shape index (κ1) is 26.8. The summed E-state index contributed by atoms with van der Waals surface area (Å²) in [6, 6.07) is 26.3. The van der Waals surface area contributed by atoms with Crippen LogP contribution in [0.4, 0.5) is 15.8 Å². The Hall–Kier alpha value is -5.04. The van der Waals surface area contributed by atoms with Crippen molar-refractivity contribution in [3.05, 3.63) is 107 Å². The second-order valence-corrected chi connectivity index (χ2v) is 11.1. The minimum Gasteiger partial charge on any atom is -0.455 e. The van der Waals surface area contributed by atoms with Crippen LogP contribution in [0.2, 0.25) is 0 Å². The van der Waals surface area contributed by atoms with Crippen molar-refractivity contribution in [1.82, 2.24) is 5.32 Å². The van der Waals surface area contributed by atoms with Crippen molar-refractivity contribution in [2.24, 2.45) is 4.99 Å². The summed E-state index contributed by atoms with van der Waals surface area (Å²) in [5.41, 5.74) is 7.30. The van der Waals surface area contributed by atoms with Crippen LogP contribution < -0.4 is 10.2 Å². The predicted octanol–water partition coefficient (Wildman–Crippen LogP) is 7.82. The zero-order valence-electron chi connectivity index (χ0n) is 23.8. The van der Waals surface area contributed by atoms with Gasteiger partial charge in [-0.2, -0.15) is 0 Å². The predicted molar refractivity (Wildman–Crippen MR) is 168 cm³/mol. The Morgan fingerprint density at radius 1 is 0.977 bits per heavy atom. The number of nitrogens with one attached hydrogen (secondary N) is 1. The fourth-order valence-electron chi connectivity index (χ4n) is 6.23.